The van der Waals surface area contributed by atoms with Crippen LogP contribution in [0.3, 0.4) is 0 Å². The first-order chi connectivity index (χ1) is 7.29. The molecule has 15 heavy (non-hydrogen) atoms. The Morgan fingerprint density at radius 1 is 1.40 bits per heavy atom. The summed E-state index contributed by atoms with van der Waals surface area (Å²) in [4.78, 5) is 0. The molecule has 0 fully saturated rings. The smallest absolute Gasteiger partial charge is 0.144 e. The molecule has 4 heteroatoms. The first kappa shape index (κ1) is 11.7. The van der Waals surface area contributed by atoms with Crippen LogP contribution in [0.4, 0.5) is 11.4 Å². The van der Waals surface area contributed by atoms with Gasteiger partial charge < -0.3 is 21.5 Å². The Kier molecular flexibility index (Phi) is 4.77. The molecule has 84 valence electrons. The molecular weight excluding hydrogens is 190 g/mol. The number of ether oxygens (including phenoxy) is 1. The van der Waals surface area contributed by atoms with Crippen LogP contribution in [-0.2, 0) is 0 Å². The van der Waals surface area contributed by atoms with E-state index < -0.39 is 0 Å². The molecule has 0 aromatic heterocycles. The Labute approximate surface area is 90.6 Å². The molecule has 0 unspecified atom stereocenters. The molecule has 0 saturated carbocycles. The Hall–Kier alpha value is -1.42. The molecule has 1 aromatic rings. The van der Waals surface area contributed by atoms with Crippen molar-refractivity contribution in [1.82, 2.24) is 0 Å². The van der Waals surface area contributed by atoms with Crippen molar-refractivity contribution in [2.24, 2.45) is 5.73 Å². The van der Waals surface area contributed by atoms with Crippen LogP contribution in [0, 0.1) is 0 Å². The topological polar surface area (TPSA) is 73.3 Å². The maximum atomic E-state index is 5.94. The van der Waals surface area contributed by atoms with E-state index in [-0.39, 0.29) is 0 Å². The van der Waals surface area contributed by atoms with Crippen LogP contribution >= 0.6 is 0 Å². The average Bonchev–Trinajstić information content (AvgIpc) is 2.26. The number of rotatable bonds is 6. The number of anilines is 2. The third-order valence-electron chi connectivity index (χ3n) is 1.99. The molecule has 1 aromatic carbocycles. The summed E-state index contributed by atoms with van der Waals surface area (Å²) in [6.45, 7) is 4.04. The van der Waals surface area contributed by atoms with Crippen LogP contribution in [0.5, 0.6) is 5.75 Å². The number of hydrogen-bond acceptors (Lipinski definition) is 4. The van der Waals surface area contributed by atoms with Crippen LogP contribution < -0.4 is 21.5 Å². The van der Waals surface area contributed by atoms with E-state index in [1.807, 2.05) is 18.2 Å². The van der Waals surface area contributed by atoms with E-state index >= 15 is 0 Å². The normalized spacial score (nSPS) is 10.0. The quantitative estimate of drug-likeness (QED) is 0.620. The van der Waals surface area contributed by atoms with Crippen LogP contribution in [0.1, 0.15) is 13.3 Å². The third kappa shape index (κ3) is 3.32. The lowest BCUT2D eigenvalue weighted by atomic mass is 10.2. The highest BCUT2D eigenvalue weighted by atomic mass is 16.5. The molecule has 0 aliphatic carbocycles. The van der Waals surface area contributed by atoms with Crippen LogP contribution in [0.2, 0.25) is 0 Å². The van der Waals surface area contributed by atoms with Gasteiger partial charge in [-0.15, -0.1) is 0 Å². The zero-order valence-corrected chi connectivity index (χ0v) is 9.12. The van der Waals surface area contributed by atoms with Gasteiger partial charge in [-0.1, -0.05) is 13.0 Å². The van der Waals surface area contributed by atoms with Crippen LogP contribution in [0.25, 0.3) is 0 Å². The number of nitrogens with one attached hydrogen (secondary N) is 1. The minimum atomic E-state index is 0.583. The van der Waals surface area contributed by atoms with Gasteiger partial charge in [0.05, 0.1) is 18.0 Å². The van der Waals surface area contributed by atoms with Crippen molar-refractivity contribution < 1.29 is 4.74 Å². The molecule has 0 bridgehead atoms. The number of benzene rings is 1. The molecule has 0 saturated heterocycles. The zero-order chi connectivity index (χ0) is 11.1. The van der Waals surface area contributed by atoms with E-state index in [1.54, 1.807) is 0 Å². The second kappa shape index (κ2) is 6.14. The van der Waals surface area contributed by atoms with Gasteiger partial charge in [0.15, 0.2) is 0 Å². The number of nitrogens with two attached hydrogens (primary N) is 2. The van der Waals surface area contributed by atoms with Crippen molar-refractivity contribution in [1.29, 1.82) is 0 Å². The largest absolute Gasteiger partial charge is 0.491 e. The van der Waals surface area contributed by atoms with Gasteiger partial charge in [-0.25, -0.2) is 0 Å². The highest BCUT2D eigenvalue weighted by Gasteiger charge is 2.04. The fourth-order valence-corrected chi connectivity index (χ4v) is 1.24. The van der Waals surface area contributed by atoms with E-state index in [1.165, 1.54) is 0 Å². The first-order valence-electron chi connectivity index (χ1n) is 5.24. The molecule has 0 aliphatic heterocycles. The van der Waals surface area contributed by atoms with Gasteiger partial charge in [0.25, 0.3) is 0 Å². The fourth-order valence-electron chi connectivity index (χ4n) is 1.24. The van der Waals surface area contributed by atoms with Gasteiger partial charge in [0.2, 0.25) is 0 Å². The lowest BCUT2D eigenvalue weighted by molar-refractivity contribution is 0.319. The lowest BCUT2D eigenvalue weighted by Crippen LogP contribution is -2.14. The van der Waals surface area contributed by atoms with E-state index in [0.29, 0.717) is 25.4 Å². The molecular formula is C11H19N3O. The van der Waals surface area contributed by atoms with E-state index in [4.69, 9.17) is 16.2 Å². The van der Waals surface area contributed by atoms with E-state index in [2.05, 4.69) is 12.2 Å². The summed E-state index contributed by atoms with van der Waals surface area (Å²) >= 11 is 0. The number of para-hydroxylation sites is 1. The van der Waals surface area contributed by atoms with Crippen molar-refractivity contribution >= 4 is 11.4 Å². The Bertz CT molecular complexity index is 276. The first-order valence-corrected chi connectivity index (χ1v) is 5.24. The molecule has 0 spiro atoms. The molecule has 4 nitrogen and oxygen atoms in total. The van der Waals surface area contributed by atoms with E-state index in [9.17, 15) is 0 Å². The Morgan fingerprint density at radius 2 is 2.20 bits per heavy atom. The van der Waals surface area contributed by atoms with Gasteiger partial charge in [-0.05, 0) is 18.6 Å². The summed E-state index contributed by atoms with van der Waals surface area (Å²) in [7, 11) is 0. The molecule has 0 aliphatic rings. The van der Waals surface area contributed by atoms with Gasteiger partial charge in [-0.2, -0.15) is 0 Å². The van der Waals surface area contributed by atoms with Gasteiger partial charge in [0, 0.05) is 13.1 Å². The van der Waals surface area contributed by atoms with Crippen molar-refractivity contribution in [2.75, 3.05) is 30.7 Å². The van der Waals surface area contributed by atoms with Gasteiger partial charge >= 0.3 is 0 Å². The SMILES string of the molecule is CCCOc1cccc(NCCN)c1N. The summed E-state index contributed by atoms with van der Waals surface area (Å²) in [6, 6.07) is 5.71. The maximum absolute atomic E-state index is 5.94. The molecule has 0 amide bonds. The fraction of sp³-hybridized carbons (Fsp3) is 0.455. The van der Waals surface area contributed by atoms with Crippen molar-refractivity contribution in [3.63, 3.8) is 0 Å². The maximum Gasteiger partial charge on any atom is 0.144 e. The van der Waals surface area contributed by atoms with E-state index in [0.717, 1.165) is 17.9 Å². The molecule has 0 atom stereocenters. The van der Waals surface area contributed by atoms with Crippen molar-refractivity contribution in [3.05, 3.63) is 18.2 Å². The van der Waals surface area contributed by atoms with Gasteiger partial charge in [-0.3, -0.25) is 0 Å². The highest BCUT2D eigenvalue weighted by molar-refractivity contribution is 5.72. The standard InChI is InChI=1S/C11H19N3O/c1-2-8-15-10-5-3-4-9(11(10)13)14-7-6-12/h3-5,14H,2,6-8,12-13H2,1H3. The van der Waals surface area contributed by atoms with Crippen molar-refractivity contribution in [2.45, 2.75) is 13.3 Å². The predicted octanol–water partition coefficient (Wildman–Crippen LogP) is 1.43. The Balaban J connectivity index is 2.71. The Morgan fingerprint density at radius 3 is 2.87 bits per heavy atom. The average molecular weight is 209 g/mol. The third-order valence-corrected chi connectivity index (χ3v) is 1.99. The number of nitrogen functional groups attached to an aromatic ring is 1. The summed E-state index contributed by atoms with van der Waals surface area (Å²) in [5.41, 5.74) is 12.9. The van der Waals surface area contributed by atoms with Gasteiger partial charge in [0.1, 0.15) is 5.75 Å². The molecule has 0 heterocycles. The minimum absolute atomic E-state index is 0.583. The summed E-state index contributed by atoms with van der Waals surface area (Å²) < 4.78 is 5.51. The number of hydrogen-bond donors (Lipinski definition) is 3. The lowest BCUT2D eigenvalue weighted by Gasteiger charge is -2.12. The van der Waals surface area contributed by atoms with Crippen LogP contribution in [0.15, 0.2) is 18.2 Å². The van der Waals surface area contributed by atoms with Crippen molar-refractivity contribution in [3.8, 4) is 5.75 Å². The second-order valence-electron chi connectivity index (χ2n) is 3.28. The summed E-state index contributed by atoms with van der Waals surface area (Å²) in [5.74, 6) is 0.735. The molecule has 0 radical (unpaired) electrons. The summed E-state index contributed by atoms with van der Waals surface area (Å²) in [5, 5.41) is 3.15. The summed E-state index contributed by atoms with van der Waals surface area (Å²) in [6.07, 6.45) is 0.972. The van der Waals surface area contributed by atoms with Crippen LogP contribution in [-0.4, -0.2) is 19.7 Å². The predicted molar refractivity (Wildman–Crippen MR) is 64.2 cm³/mol. The monoisotopic (exact) mass is 209 g/mol. The zero-order valence-electron chi connectivity index (χ0n) is 9.12. The highest BCUT2D eigenvalue weighted by Crippen LogP contribution is 2.29. The molecule has 5 N–H and O–H groups in total. The second-order valence-corrected chi connectivity index (χ2v) is 3.28. The molecule has 1 rings (SSSR count). The minimum Gasteiger partial charge on any atom is -0.491 e.